The summed E-state index contributed by atoms with van der Waals surface area (Å²) in [5, 5.41) is 0. The standard InChI is InChI=1S/C31H46O9/c1-9-11-25(33)38-22-17-24(37-20(5)32)31(7)23(39-26(34)12-10-2)14-16-30(6)15-13-21(18(3)29(35)36-8)28(40-30)27(31)19(22)4/h13,15,18-19,22-24,27H,9-12,14,16-17H2,1-8H3/t18-,19-,22-,23-,24+,27-,30+,31+/m1/s1. The molecule has 40 heavy (non-hydrogen) atoms. The van der Waals surface area contributed by atoms with Crippen molar-refractivity contribution in [2.75, 3.05) is 7.11 Å². The quantitative estimate of drug-likeness (QED) is 0.276. The first kappa shape index (κ1) is 31.7. The largest absolute Gasteiger partial charge is 0.487 e. The van der Waals surface area contributed by atoms with Gasteiger partial charge in [-0.2, -0.15) is 0 Å². The molecule has 3 rings (SSSR count). The first-order valence-corrected chi connectivity index (χ1v) is 14.6. The van der Waals surface area contributed by atoms with E-state index >= 15 is 0 Å². The van der Waals surface area contributed by atoms with Crippen LogP contribution < -0.4 is 0 Å². The predicted octanol–water partition coefficient (Wildman–Crippen LogP) is 5.21. The summed E-state index contributed by atoms with van der Waals surface area (Å²) >= 11 is 0. The Bertz CT molecular complexity index is 1050. The Kier molecular flexibility index (Phi) is 10.1. The van der Waals surface area contributed by atoms with E-state index in [9.17, 15) is 19.2 Å². The summed E-state index contributed by atoms with van der Waals surface area (Å²) in [6.07, 6.45) is 5.00. The zero-order valence-electron chi connectivity index (χ0n) is 25.2. The van der Waals surface area contributed by atoms with E-state index in [1.165, 1.54) is 14.0 Å². The highest BCUT2D eigenvalue weighted by Crippen LogP contribution is 2.58. The van der Waals surface area contributed by atoms with Crippen molar-refractivity contribution in [1.82, 2.24) is 0 Å². The Hall–Kier alpha value is -2.84. The van der Waals surface area contributed by atoms with Gasteiger partial charge >= 0.3 is 23.9 Å². The van der Waals surface area contributed by atoms with Crippen LogP contribution in [0.5, 0.6) is 0 Å². The van der Waals surface area contributed by atoms with Crippen LogP contribution in [0.25, 0.3) is 0 Å². The molecule has 2 heterocycles. The van der Waals surface area contributed by atoms with Crippen LogP contribution in [0.1, 0.15) is 93.4 Å². The molecular formula is C31H46O9. The minimum Gasteiger partial charge on any atom is -0.487 e. The van der Waals surface area contributed by atoms with Gasteiger partial charge in [-0.05, 0) is 45.6 Å². The Labute approximate surface area is 238 Å². The molecule has 0 radical (unpaired) electrons. The molecule has 0 N–H and O–H groups in total. The summed E-state index contributed by atoms with van der Waals surface area (Å²) in [7, 11) is 1.34. The minimum atomic E-state index is -0.939. The number of ether oxygens (including phenoxy) is 5. The van der Waals surface area contributed by atoms with Crippen LogP contribution in [-0.4, -0.2) is 54.9 Å². The van der Waals surface area contributed by atoms with Gasteiger partial charge in [0.15, 0.2) is 0 Å². The molecule has 1 saturated carbocycles. The zero-order valence-corrected chi connectivity index (χ0v) is 25.2. The molecule has 2 fully saturated rings. The second-order valence-electron chi connectivity index (χ2n) is 11.9. The van der Waals surface area contributed by atoms with E-state index in [1.807, 2.05) is 46.8 Å². The van der Waals surface area contributed by atoms with Crippen LogP contribution in [0.4, 0.5) is 0 Å². The fourth-order valence-corrected chi connectivity index (χ4v) is 6.62. The van der Waals surface area contributed by atoms with Crippen LogP contribution in [0.15, 0.2) is 23.5 Å². The van der Waals surface area contributed by atoms with Crippen molar-refractivity contribution in [2.45, 2.75) is 117 Å². The lowest BCUT2D eigenvalue weighted by molar-refractivity contribution is -0.218. The summed E-state index contributed by atoms with van der Waals surface area (Å²) < 4.78 is 30.0. The molecule has 0 amide bonds. The third-order valence-corrected chi connectivity index (χ3v) is 8.84. The lowest BCUT2D eigenvalue weighted by atomic mass is 9.55. The Morgan fingerprint density at radius 2 is 1.65 bits per heavy atom. The highest BCUT2D eigenvalue weighted by atomic mass is 16.6. The number of hydrogen-bond acceptors (Lipinski definition) is 9. The molecule has 0 unspecified atom stereocenters. The van der Waals surface area contributed by atoms with Crippen molar-refractivity contribution in [3.05, 3.63) is 23.5 Å². The molecule has 1 saturated heterocycles. The monoisotopic (exact) mass is 562 g/mol. The summed E-state index contributed by atoms with van der Waals surface area (Å²) in [5.74, 6) is -2.46. The van der Waals surface area contributed by atoms with Crippen LogP contribution >= 0.6 is 0 Å². The van der Waals surface area contributed by atoms with Crippen molar-refractivity contribution in [1.29, 1.82) is 0 Å². The molecule has 0 aromatic rings. The molecule has 0 aromatic heterocycles. The van der Waals surface area contributed by atoms with Crippen molar-refractivity contribution in [2.24, 2.45) is 23.2 Å². The minimum absolute atomic E-state index is 0.257. The van der Waals surface area contributed by atoms with Crippen LogP contribution in [0.2, 0.25) is 0 Å². The second-order valence-corrected chi connectivity index (χ2v) is 11.9. The summed E-state index contributed by atoms with van der Waals surface area (Å²) in [5.41, 5.74) is -1.01. The van der Waals surface area contributed by atoms with E-state index in [2.05, 4.69) is 0 Å². The third-order valence-electron chi connectivity index (χ3n) is 8.84. The summed E-state index contributed by atoms with van der Waals surface area (Å²) in [6, 6.07) is 0. The number of allylic oxidation sites excluding steroid dienone is 2. The van der Waals surface area contributed by atoms with Gasteiger partial charge in [0.1, 0.15) is 29.7 Å². The Morgan fingerprint density at radius 3 is 2.23 bits per heavy atom. The maximum Gasteiger partial charge on any atom is 0.312 e. The molecule has 9 heteroatoms. The topological polar surface area (TPSA) is 114 Å². The van der Waals surface area contributed by atoms with Crippen molar-refractivity contribution in [3.8, 4) is 0 Å². The molecule has 8 atom stereocenters. The average Bonchev–Trinajstić information content (AvgIpc) is 2.88. The van der Waals surface area contributed by atoms with Crippen molar-refractivity contribution < 1.29 is 42.9 Å². The number of rotatable bonds is 9. The molecule has 1 aliphatic carbocycles. The van der Waals surface area contributed by atoms with Gasteiger partial charge in [0.05, 0.1) is 18.4 Å². The first-order chi connectivity index (χ1) is 18.8. The van der Waals surface area contributed by atoms with E-state index in [0.717, 1.165) is 0 Å². The summed E-state index contributed by atoms with van der Waals surface area (Å²) in [6.45, 7) is 12.8. The van der Waals surface area contributed by atoms with Crippen LogP contribution in [0.3, 0.4) is 0 Å². The third kappa shape index (κ3) is 6.39. The number of carbonyl (C=O) groups excluding carboxylic acids is 4. The fraction of sp³-hybridized carbons (Fsp3) is 0.742. The lowest BCUT2D eigenvalue weighted by Crippen LogP contribution is -2.62. The van der Waals surface area contributed by atoms with Crippen LogP contribution in [-0.2, 0) is 42.9 Å². The normalized spacial score (nSPS) is 33.9. The maximum atomic E-state index is 12.9. The van der Waals surface area contributed by atoms with E-state index in [0.29, 0.717) is 37.0 Å². The number of fused-ring (bicyclic) bond motifs is 4. The van der Waals surface area contributed by atoms with E-state index in [4.69, 9.17) is 23.7 Å². The summed E-state index contributed by atoms with van der Waals surface area (Å²) in [4.78, 5) is 50.8. The number of esters is 4. The van der Waals surface area contributed by atoms with Gasteiger partial charge in [-0.25, -0.2) is 0 Å². The van der Waals surface area contributed by atoms with Crippen molar-refractivity contribution in [3.63, 3.8) is 0 Å². The molecule has 3 aliphatic rings. The molecule has 9 nitrogen and oxygen atoms in total. The molecule has 0 aromatic carbocycles. The molecule has 2 aliphatic heterocycles. The molecule has 0 spiro atoms. The predicted molar refractivity (Wildman–Crippen MR) is 147 cm³/mol. The maximum absolute atomic E-state index is 12.9. The number of methoxy groups -OCH3 is 1. The van der Waals surface area contributed by atoms with Gasteiger partial charge in [0.25, 0.3) is 0 Å². The van der Waals surface area contributed by atoms with Crippen molar-refractivity contribution >= 4 is 23.9 Å². The van der Waals surface area contributed by atoms with Gasteiger partial charge in [-0.1, -0.05) is 33.8 Å². The fourth-order valence-electron chi connectivity index (χ4n) is 6.62. The van der Waals surface area contributed by atoms with Gasteiger partial charge in [-0.3, -0.25) is 19.2 Å². The Balaban J connectivity index is 2.27. The smallest absolute Gasteiger partial charge is 0.312 e. The van der Waals surface area contributed by atoms with Gasteiger partial charge in [0.2, 0.25) is 0 Å². The number of hydrogen-bond donors (Lipinski definition) is 0. The first-order valence-electron chi connectivity index (χ1n) is 14.6. The molecular weight excluding hydrogens is 516 g/mol. The second kappa shape index (κ2) is 12.8. The van der Waals surface area contributed by atoms with Gasteiger partial charge in [0, 0.05) is 43.6 Å². The number of carbonyl (C=O) groups is 4. The highest BCUT2D eigenvalue weighted by molar-refractivity contribution is 5.76. The average molecular weight is 563 g/mol. The van der Waals surface area contributed by atoms with Crippen LogP contribution in [0, 0.1) is 23.2 Å². The van der Waals surface area contributed by atoms with Gasteiger partial charge in [-0.15, -0.1) is 0 Å². The SMILES string of the molecule is CCCC(=O)O[C@@H]1C[C@H](OC(C)=O)[C@]2(C)[C@H](OC(=O)CCC)CC[C@]3(C)C=CC([C@@H](C)C(=O)OC)=C(O3)[C@H]2[C@@H]1C. The van der Waals surface area contributed by atoms with E-state index in [1.54, 1.807) is 6.92 Å². The van der Waals surface area contributed by atoms with Gasteiger partial charge < -0.3 is 23.7 Å². The Morgan fingerprint density at radius 1 is 1.02 bits per heavy atom. The molecule has 224 valence electrons. The van der Waals surface area contributed by atoms with E-state index < -0.39 is 53.1 Å². The molecule has 2 bridgehead atoms. The lowest BCUT2D eigenvalue weighted by Gasteiger charge is -2.57. The van der Waals surface area contributed by atoms with E-state index in [-0.39, 0.29) is 37.1 Å². The zero-order chi connectivity index (χ0) is 29.8. The highest BCUT2D eigenvalue weighted by Gasteiger charge is 2.62.